The van der Waals surface area contributed by atoms with Crippen LogP contribution in [-0.4, -0.2) is 27.4 Å². The third kappa shape index (κ3) is 5.32. The van der Waals surface area contributed by atoms with Crippen molar-refractivity contribution in [3.8, 4) is 0 Å². The highest BCUT2D eigenvalue weighted by molar-refractivity contribution is 7.92. The molecular formula is C27H28N2O3S2. The summed E-state index contributed by atoms with van der Waals surface area (Å²) in [4.78, 5) is 13.6. The standard InChI is InChI=1S/C27H28N2O3S2/c1-3-17-29(34(31,32)24-12-9-20(2)10-13-24)23-11-14-25-22(18-23)19-26(33-25)27(30)28-16-15-21-7-5-4-6-8-21/h4-14,18-19H,3,15-17H2,1-2H3,(H,28,30). The number of nitrogens with one attached hydrogen (secondary N) is 1. The minimum absolute atomic E-state index is 0.114. The summed E-state index contributed by atoms with van der Waals surface area (Å²) in [6.45, 7) is 4.82. The van der Waals surface area contributed by atoms with E-state index in [2.05, 4.69) is 5.32 Å². The summed E-state index contributed by atoms with van der Waals surface area (Å²) in [7, 11) is -3.69. The summed E-state index contributed by atoms with van der Waals surface area (Å²) in [5.41, 5.74) is 2.79. The first-order chi connectivity index (χ1) is 16.4. The van der Waals surface area contributed by atoms with E-state index < -0.39 is 10.0 Å². The van der Waals surface area contributed by atoms with E-state index in [0.29, 0.717) is 30.1 Å². The van der Waals surface area contributed by atoms with E-state index >= 15 is 0 Å². The van der Waals surface area contributed by atoms with Crippen molar-refractivity contribution in [3.63, 3.8) is 0 Å². The molecule has 1 aromatic heterocycles. The van der Waals surface area contributed by atoms with Crippen molar-refractivity contribution in [2.45, 2.75) is 31.6 Å². The van der Waals surface area contributed by atoms with Crippen LogP contribution in [0.5, 0.6) is 0 Å². The van der Waals surface area contributed by atoms with Crippen LogP contribution in [0.25, 0.3) is 10.1 Å². The van der Waals surface area contributed by atoms with Gasteiger partial charge in [0.05, 0.1) is 15.5 Å². The number of rotatable bonds is 9. The first-order valence-electron chi connectivity index (χ1n) is 11.3. The van der Waals surface area contributed by atoms with Crippen molar-refractivity contribution < 1.29 is 13.2 Å². The monoisotopic (exact) mass is 492 g/mol. The fourth-order valence-electron chi connectivity index (χ4n) is 3.78. The molecular weight excluding hydrogens is 464 g/mol. The zero-order valence-corrected chi connectivity index (χ0v) is 21.0. The van der Waals surface area contributed by atoms with Crippen LogP contribution in [0.3, 0.4) is 0 Å². The minimum Gasteiger partial charge on any atom is -0.351 e. The van der Waals surface area contributed by atoms with Crippen LogP contribution in [0.2, 0.25) is 0 Å². The van der Waals surface area contributed by atoms with Gasteiger partial charge >= 0.3 is 0 Å². The number of carbonyl (C=O) groups excluding carboxylic acids is 1. The smallest absolute Gasteiger partial charge is 0.264 e. The van der Waals surface area contributed by atoms with Gasteiger partial charge in [-0.25, -0.2) is 8.42 Å². The first-order valence-corrected chi connectivity index (χ1v) is 13.6. The van der Waals surface area contributed by atoms with E-state index in [4.69, 9.17) is 0 Å². The average molecular weight is 493 g/mol. The van der Waals surface area contributed by atoms with Gasteiger partial charge in [-0.2, -0.15) is 0 Å². The minimum atomic E-state index is -3.69. The van der Waals surface area contributed by atoms with E-state index in [0.717, 1.165) is 22.1 Å². The number of fused-ring (bicyclic) bond motifs is 1. The van der Waals surface area contributed by atoms with E-state index in [1.165, 1.54) is 21.2 Å². The summed E-state index contributed by atoms with van der Waals surface area (Å²) in [5, 5.41) is 3.84. The number of anilines is 1. The van der Waals surface area contributed by atoms with Crippen molar-refractivity contribution in [2.24, 2.45) is 0 Å². The second-order valence-electron chi connectivity index (χ2n) is 8.21. The number of aryl methyl sites for hydroxylation is 1. The Hall–Kier alpha value is -3.16. The van der Waals surface area contributed by atoms with Crippen LogP contribution in [-0.2, 0) is 16.4 Å². The second kappa shape index (κ2) is 10.4. The molecule has 3 aromatic carbocycles. The lowest BCUT2D eigenvalue weighted by molar-refractivity contribution is 0.0958. The predicted molar refractivity (Wildman–Crippen MR) is 140 cm³/mol. The van der Waals surface area contributed by atoms with Crippen LogP contribution in [0.1, 0.15) is 34.1 Å². The Morgan fingerprint density at radius 1 is 0.971 bits per heavy atom. The Morgan fingerprint density at radius 2 is 1.71 bits per heavy atom. The summed E-state index contributed by atoms with van der Waals surface area (Å²) in [6, 6.07) is 24.3. The maximum absolute atomic E-state index is 13.4. The molecule has 0 saturated carbocycles. The molecule has 0 fully saturated rings. The molecule has 0 aliphatic carbocycles. The van der Waals surface area contributed by atoms with Gasteiger partial charge in [-0.05, 0) is 67.1 Å². The normalized spacial score (nSPS) is 11.5. The van der Waals surface area contributed by atoms with E-state index in [-0.39, 0.29) is 10.8 Å². The molecule has 0 spiro atoms. The number of sulfonamides is 1. The van der Waals surface area contributed by atoms with E-state index in [1.54, 1.807) is 12.1 Å². The quantitative estimate of drug-likeness (QED) is 0.322. The molecule has 5 nitrogen and oxygen atoms in total. The number of hydrogen-bond acceptors (Lipinski definition) is 4. The summed E-state index contributed by atoms with van der Waals surface area (Å²) in [6.07, 6.45) is 1.45. The molecule has 176 valence electrons. The molecule has 34 heavy (non-hydrogen) atoms. The van der Waals surface area contributed by atoms with Gasteiger partial charge in [0.2, 0.25) is 0 Å². The topological polar surface area (TPSA) is 66.5 Å². The van der Waals surface area contributed by atoms with Gasteiger partial charge < -0.3 is 5.32 Å². The van der Waals surface area contributed by atoms with Crippen molar-refractivity contribution in [1.82, 2.24) is 5.32 Å². The molecule has 4 aromatic rings. The zero-order chi connectivity index (χ0) is 24.1. The van der Waals surface area contributed by atoms with Crippen LogP contribution in [0.4, 0.5) is 5.69 Å². The molecule has 1 amide bonds. The molecule has 0 radical (unpaired) electrons. The predicted octanol–water partition coefficient (Wildman–Crippen LogP) is 5.79. The Kier molecular flexibility index (Phi) is 7.34. The molecule has 7 heteroatoms. The maximum Gasteiger partial charge on any atom is 0.264 e. The van der Waals surface area contributed by atoms with Crippen molar-refractivity contribution >= 4 is 43.0 Å². The molecule has 0 unspecified atom stereocenters. The molecule has 1 heterocycles. The largest absolute Gasteiger partial charge is 0.351 e. The number of nitrogens with zero attached hydrogens (tertiary/aromatic N) is 1. The molecule has 0 atom stereocenters. The molecule has 0 saturated heterocycles. The molecule has 1 N–H and O–H groups in total. The molecule has 0 bridgehead atoms. The van der Waals surface area contributed by atoms with Crippen LogP contribution >= 0.6 is 11.3 Å². The highest BCUT2D eigenvalue weighted by atomic mass is 32.2. The Labute approximate surface area is 205 Å². The lowest BCUT2D eigenvalue weighted by Crippen LogP contribution is -2.31. The lowest BCUT2D eigenvalue weighted by atomic mass is 10.1. The zero-order valence-electron chi connectivity index (χ0n) is 19.3. The van der Waals surface area contributed by atoms with Crippen LogP contribution in [0, 0.1) is 6.92 Å². The number of carbonyl (C=O) groups is 1. The third-order valence-corrected chi connectivity index (χ3v) is 8.55. The van der Waals surface area contributed by atoms with E-state index in [9.17, 15) is 13.2 Å². The van der Waals surface area contributed by atoms with Gasteiger partial charge in [0.25, 0.3) is 15.9 Å². The number of hydrogen-bond donors (Lipinski definition) is 1. The lowest BCUT2D eigenvalue weighted by Gasteiger charge is -2.24. The fourth-order valence-corrected chi connectivity index (χ4v) is 6.29. The molecule has 0 aliphatic heterocycles. The second-order valence-corrected chi connectivity index (χ2v) is 11.2. The third-order valence-electron chi connectivity index (χ3n) is 5.59. The van der Waals surface area contributed by atoms with Gasteiger partial charge in [0.1, 0.15) is 0 Å². The number of thiophene rings is 1. The van der Waals surface area contributed by atoms with Gasteiger partial charge in [0.15, 0.2) is 0 Å². The first kappa shape index (κ1) is 24.0. The van der Waals surface area contributed by atoms with Gasteiger partial charge in [-0.15, -0.1) is 11.3 Å². The maximum atomic E-state index is 13.4. The molecule has 0 aliphatic rings. The molecule has 4 rings (SSSR count). The van der Waals surface area contributed by atoms with Gasteiger partial charge in [0, 0.05) is 17.8 Å². The highest BCUT2D eigenvalue weighted by Gasteiger charge is 2.24. The Morgan fingerprint density at radius 3 is 2.41 bits per heavy atom. The van der Waals surface area contributed by atoms with Crippen LogP contribution < -0.4 is 9.62 Å². The fraction of sp³-hybridized carbons (Fsp3) is 0.222. The van der Waals surface area contributed by atoms with Crippen LogP contribution in [0.15, 0.2) is 83.8 Å². The van der Waals surface area contributed by atoms with Crippen molar-refractivity contribution in [1.29, 1.82) is 0 Å². The van der Waals surface area contributed by atoms with Gasteiger partial charge in [-0.3, -0.25) is 9.10 Å². The van der Waals surface area contributed by atoms with E-state index in [1.807, 2.05) is 80.6 Å². The summed E-state index contributed by atoms with van der Waals surface area (Å²) < 4.78 is 29.2. The number of amides is 1. The summed E-state index contributed by atoms with van der Waals surface area (Å²) >= 11 is 1.41. The SMILES string of the molecule is CCCN(c1ccc2sc(C(=O)NCCc3ccccc3)cc2c1)S(=O)(=O)c1ccc(C)cc1. The Bertz CT molecular complexity index is 1380. The van der Waals surface area contributed by atoms with Crippen molar-refractivity contribution in [2.75, 3.05) is 17.4 Å². The highest BCUT2D eigenvalue weighted by Crippen LogP contribution is 2.32. The Balaban J connectivity index is 1.55. The van der Waals surface area contributed by atoms with Crippen molar-refractivity contribution in [3.05, 3.63) is 94.9 Å². The number of benzene rings is 3. The van der Waals surface area contributed by atoms with Gasteiger partial charge in [-0.1, -0.05) is 55.0 Å². The summed E-state index contributed by atoms with van der Waals surface area (Å²) in [5.74, 6) is -0.114. The average Bonchev–Trinajstić information content (AvgIpc) is 3.27.